The summed E-state index contributed by atoms with van der Waals surface area (Å²) in [5.41, 5.74) is 3.84. The SMILES string of the molecule is Brc1ccc2c3cccc4c5ccccc5cc(c43)n3c4ccccc4c1c23. The highest BCUT2D eigenvalue weighted by molar-refractivity contribution is 9.10. The fourth-order valence-corrected chi connectivity index (χ4v) is 5.60. The highest BCUT2D eigenvalue weighted by Crippen LogP contribution is 2.44. The van der Waals surface area contributed by atoms with Gasteiger partial charge in [0.25, 0.3) is 0 Å². The molecule has 2 heterocycles. The molecule has 0 N–H and O–H groups in total. The Kier molecular flexibility index (Phi) is 2.68. The molecule has 7 rings (SSSR count). The first-order valence-corrected chi connectivity index (χ1v) is 10.3. The van der Waals surface area contributed by atoms with Gasteiger partial charge in [-0.15, -0.1) is 0 Å². The summed E-state index contributed by atoms with van der Waals surface area (Å²) in [5, 5.41) is 10.5. The first-order valence-electron chi connectivity index (χ1n) is 9.50. The molecule has 0 fully saturated rings. The first-order chi connectivity index (χ1) is 13.8. The molecule has 0 aliphatic rings. The standard InChI is InChI=1S/C26H14BrN/c27-21-13-12-19-18-10-5-9-17-16-7-2-1-6-15(16)14-23(24(17)18)28-22-11-4-3-8-20(22)25(21)26(19)28/h1-14H. The van der Waals surface area contributed by atoms with E-state index in [0.717, 1.165) is 4.47 Å². The van der Waals surface area contributed by atoms with E-state index in [0.29, 0.717) is 0 Å². The van der Waals surface area contributed by atoms with Crippen molar-refractivity contribution < 1.29 is 0 Å². The second-order valence-corrected chi connectivity index (χ2v) is 8.37. The molecular weight excluding hydrogens is 406 g/mol. The zero-order chi connectivity index (χ0) is 18.4. The van der Waals surface area contributed by atoms with Gasteiger partial charge in [-0.3, -0.25) is 0 Å². The van der Waals surface area contributed by atoms with E-state index in [4.69, 9.17) is 0 Å². The summed E-state index contributed by atoms with van der Waals surface area (Å²) in [6.07, 6.45) is 0. The summed E-state index contributed by atoms with van der Waals surface area (Å²) >= 11 is 3.82. The van der Waals surface area contributed by atoms with Crippen LogP contribution in [0.25, 0.3) is 59.6 Å². The van der Waals surface area contributed by atoms with Gasteiger partial charge in [-0.05, 0) is 39.7 Å². The van der Waals surface area contributed by atoms with Gasteiger partial charge >= 0.3 is 0 Å². The number of aromatic nitrogens is 1. The smallest absolute Gasteiger partial charge is 0.0631 e. The number of pyridine rings is 1. The van der Waals surface area contributed by atoms with Crippen LogP contribution in [0.4, 0.5) is 0 Å². The zero-order valence-corrected chi connectivity index (χ0v) is 16.5. The van der Waals surface area contributed by atoms with E-state index in [-0.39, 0.29) is 0 Å². The Hall–Kier alpha value is -3.10. The monoisotopic (exact) mass is 419 g/mol. The molecule has 2 heteroatoms. The number of hydrogen-bond donors (Lipinski definition) is 0. The average Bonchev–Trinajstić information content (AvgIpc) is 3.09. The maximum absolute atomic E-state index is 3.82. The van der Waals surface area contributed by atoms with E-state index in [1.165, 1.54) is 59.6 Å². The fourth-order valence-electron chi connectivity index (χ4n) is 5.06. The Morgan fingerprint density at radius 2 is 1.25 bits per heavy atom. The van der Waals surface area contributed by atoms with Crippen molar-refractivity contribution in [1.29, 1.82) is 0 Å². The average molecular weight is 420 g/mol. The molecule has 28 heavy (non-hydrogen) atoms. The van der Waals surface area contributed by atoms with Gasteiger partial charge in [0.2, 0.25) is 0 Å². The van der Waals surface area contributed by atoms with Gasteiger partial charge in [-0.1, -0.05) is 82.7 Å². The van der Waals surface area contributed by atoms with Crippen molar-refractivity contribution in [3.63, 3.8) is 0 Å². The van der Waals surface area contributed by atoms with Crippen LogP contribution in [0.2, 0.25) is 0 Å². The van der Waals surface area contributed by atoms with Crippen LogP contribution < -0.4 is 0 Å². The van der Waals surface area contributed by atoms with Crippen LogP contribution in [0, 0.1) is 0 Å². The lowest BCUT2D eigenvalue weighted by Gasteiger charge is -2.15. The van der Waals surface area contributed by atoms with Crippen LogP contribution in [0.1, 0.15) is 0 Å². The van der Waals surface area contributed by atoms with Gasteiger partial charge in [0.1, 0.15) is 0 Å². The molecule has 5 aromatic carbocycles. The van der Waals surface area contributed by atoms with Crippen molar-refractivity contribution in [2.24, 2.45) is 0 Å². The summed E-state index contributed by atoms with van der Waals surface area (Å²) in [7, 11) is 0. The minimum Gasteiger partial charge on any atom is -0.308 e. The molecule has 0 radical (unpaired) electrons. The molecule has 0 amide bonds. The van der Waals surface area contributed by atoms with Crippen LogP contribution in [0.5, 0.6) is 0 Å². The largest absolute Gasteiger partial charge is 0.308 e. The van der Waals surface area contributed by atoms with Gasteiger partial charge in [0.15, 0.2) is 0 Å². The molecule has 7 aromatic rings. The number of halogens is 1. The Labute approximate surface area is 169 Å². The molecule has 2 aromatic heterocycles. The number of benzene rings is 5. The second-order valence-electron chi connectivity index (χ2n) is 7.52. The quantitative estimate of drug-likeness (QED) is 0.173. The number of fused-ring (bicyclic) bond motifs is 7. The van der Waals surface area contributed by atoms with Crippen LogP contribution in [-0.2, 0) is 0 Å². The Morgan fingerprint density at radius 3 is 2.14 bits per heavy atom. The summed E-state index contributed by atoms with van der Waals surface area (Å²) in [6, 6.07) is 31.0. The number of nitrogens with zero attached hydrogens (tertiary/aromatic N) is 1. The second kappa shape index (κ2) is 5.03. The molecule has 0 saturated heterocycles. The highest BCUT2D eigenvalue weighted by atomic mass is 79.9. The lowest BCUT2D eigenvalue weighted by molar-refractivity contribution is 1.35. The fraction of sp³-hybridized carbons (Fsp3) is 0. The minimum atomic E-state index is 1.15. The third-order valence-electron chi connectivity index (χ3n) is 6.16. The van der Waals surface area contributed by atoms with E-state index in [9.17, 15) is 0 Å². The van der Waals surface area contributed by atoms with Crippen molar-refractivity contribution in [2.45, 2.75) is 0 Å². The number of para-hydroxylation sites is 1. The van der Waals surface area contributed by atoms with Crippen molar-refractivity contribution in [1.82, 2.24) is 4.40 Å². The predicted octanol–water partition coefficient (Wildman–Crippen LogP) is 7.91. The van der Waals surface area contributed by atoms with Gasteiger partial charge in [0, 0.05) is 26.0 Å². The number of hydrogen-bond acceptors (Lipinski definition) is 0. The Morgan fingerprint density at radius 1 is 0.536 bits per heavy atom. The summed E-state index contributed by atoms with van der Waals surface area (Å²) < 4.78 is 3.62. The first kappa shape index (κ1) is 14.9. The Bertz CT molecular complexity index is 1720. The minimum absolute atomic E-state index is 1.15. The molecule has 0 saturated carbocycles. The summed E-state index contributed by atoms with van der Waals surface area (Å²) in [6.45, 7) is 0. The van der Waals surface area contributed by atoms with E-state index >= 15 is 0 Å². The summed E-state index contributed by atoms with van der Waals surface area (Å²) in [5.74, 6) is 0. The van der Waals surface area contributed by atoms with Gasteiger partial charge in [-0.2, -0.15) is 0 Å². The topological polar surface area (TPSA) is 4.41 Å². The highest BCUT2D eigenvalue weighted by Gasteiger charge is 2.19. The van der Waals surface area contributed by atoms with Crippen molar-refractivity contribution in [3.05, 3.63) is 89.4 Å². The van der Waals surface area contributed by atoms with Gasteiger partial charge < -0.3 is 4.40 Å². The normalized spacial score (nSPS) is 12.5. The third kappa shape index (κ3) is 1.64. The van der Waals surface area contributed by atoms with E-state index in [2.05, 4.69) is 105 Å². The molecule has 0 spiro atoms. The van der Waals surface area contributed by atoms with Gasteiger partial charge in [0.05, 0.1) is 16.6 Å². The van der Waals surface area contributed by atoms with Crippen LogP contribution in [0.3, 0.4) is 0 Å². The van der Waals surface area contributed by atoms with E-state index < -0.39 is 0 Å². The zero-order valence-electron chi connectivity index (χ0n) is 14.9. The molecule has 0 atom stereocenters. The lowest BCUT2D eigenvalue weighted by atomic mass is 9.95. The molecule has 0 aliphatic heterocycles. The summed E-state index contributed by atoms with van der Waals surface area (Å²) in [4.78, 5) is 0. The Balaban J connectivity index is 1.98. The molecule has 0 bridgehead atoms. The van der Waals surface area contributed by atoms with Crippen LogP contribution >= 0.6 is 15.9 Å². The third-order valence-corrected chi connectivity index (χ3v) is 6.82. The van der Waals surface area contributed by atoms with Gasteiger partial charge in [-0.25, -0.2) is 0 Å². The predicted molar refractivity (Wildman–Crippen MR) is 124 cm³/mol. The van der Waals surface area contributed by atoms with Crippen molar-refractivity contribution in [2.75, 3.05) is 0 Å². The van der Waals surface area contributed by atoms with E-state index in [1.807, 2.05) is 0 Å². The van der Waals surface area contributed by atoms with Crippen molar-refractivity contribution >= 4 is 75.6 Å². The maximum atomic E-state index is 3.82. The lowest BCUT2D eigenvalue weighted by Crippen LogP contribution is -1.93. The molecule has 0 unspecified atom stereocenters. The number of rotatable bonds is 0. The molecule has 130 valence electrons. The van der Waals surface area contributed by atoms with Crippen molar-refractivity contribution in [3.8, 4) is 0 Å². The van der Waals surface area contributed by atoms with E-state index in [1.54, 1.807) is 0 Å². The molecule has 0 aliphatic carbocycles. The molecular formula is C26H14BrN. The van der Waals surface area contributed by atoms with Crippen LogP contribution in [-0.4, -0.2) is 4.40 Å². The maximum Gasteiger partial charge on any atom is 0.0631 e. The molecule has 1 nitrogen and oxygen atoms in total. The van der Waals surface area contributed by atoms with Crippen LogP contribution in [0.15, 0.2) is 89.4 Å².